The molecule has 0 aliphatic carbocycles. The fraction of sp³-hybridized carbons (Fsp3) is 0.286. The Morgan fingerprint density at radius 1 is 0.879 bits per heavy atom. The molecule has 0 unspecified atom stereocenters. The van der Waals surface area contributed by atoms with Gasteiger partial charge >= 0.3 is 0 Å². The Morgan fingerprint density at radius 3 is 2.15 bits per heavy atom. The highest BCUT2D eigenvalue weighted by Gasteiger charge is 2.19. The molecule has 3 aromatic carbocycles. The molecule has 1 heterocycles. The third-order valence-corrected chi connectivity index (χ3v) is 7.12. The zero-order valence-corrected chi connectivity index (χ0v) is 21.4. The van der Waals surface area contributed by atoms with Crippen molar-refractivity contribution in [3.8, 4) is 17.1 Å². The van der Waals surface area contributed by atoms with E-state index in [-0.39, 0.29) is 5.41 Å². The van der Waals surface area contributed by atoms with Crippen LogP contribution in [0.3, 0.4) is 0 Å². The van der Waals surface area contributed by atoms with Gasteiger partial charge in [0.25, 0.3) is 0 Å². The van der Waals surface area contributed by atoms with E-state index in [1.807, 2.05) is 18.2 Å². The topological polar surface area (TPSA) is 30.7 Å². The van der Waals surface area contributed by atoms with Crippen LogP contribution in [-0.4, -0.2) is 14.8 Å². The van der Waals surface area contributed by atoms with Crippen LogP contribution in [0.5, 0.6) is 0 Å². The molecule has 0 N–H and O–H groups in total. The zero-order chi connectivity index (χ0) is 23.6. The summed E-state index contributed by atoms with van der Waals surface area (Å²) in [4.78, 5) is 0. The summed E-state index contributed by atoms with van der Waals surface area (Å²) < 4.78 is 2.15. The molecular weight excluding hydrogens is 446 g/mol. The quantitative estimate of drug-likeness (QED) is 0.263. The molecule has 0 aliphatic heterocycles. The molecule has 0 saturated carbocycles. The van der Waals surface area contributed by atoms with Crippen LogP contribution in [0.15, 0.2) is 78.0 Å². The van der Waals surface area contributed by atoms with Gasteiger partial charge in [0.15, 0.2) is 11.0 Å². The first kappa shape index (κ1) is 23.6. The van der Waals surface area contributed by atoms with E-state index in [4.69, 9.17) is 11.6 Å². The second-order valence-electron chi connectivity index (χ2n) is 9.60. The van der Waals surface area contributed by atoms with Crippen molar-refractivity contribution in [2.45, 2.75) is 56.9 Å². The molecule has 0 amide bonds. The highest BCUT2D eigenvalue weighted by molar-refractivity contribution is 7.98. The van der Waals surface area contributed by atoms with Crippen LogP contribution < -0.4 is 0 Å². The van der Waals surface area contributed by atoms with Gasteiger partial charge in [0.2, 0.25) is 0 Å². The summed E-state index contributed by atoms with van der Waals surface area (Å²) in [5.74, 6) is 2.05. The average Bonchev–Trinajstić information content (AvgIpc) is 3.22. The van der Waals surface area contributed by atoms with Crippen molar-refractivity contribution < 1.29 is 0 Å². The van der Waals surface area contributed by atoms with Crippen LogP contribution in [-0.2, 0) is 11.2 Å². The van der Waals surface area contributed by atoms with Crippen molar-refractivity contribution in [1.29, 1.82) is 0 Å². The number of rotatable bonds is 6. The number of thioether (sulfide) groups is 1. The Hall–Kier alpha value is -2.56. The molecule has 4 aromatic rings. The Balaban J connectivity index is 1.74. The molecule has 0 spiro atoms. The molecule has 0 bridgehead atoms. The van der Waals surface area contributed by atoms with E-state index in [1.54, 1.807) is 11.8 Å². The van der Waals surface area contributed by atoms with E-state index in [1.165, 1.54) is 11.1 Å². The normalized spacial score (nSPS) is 11.8. The van der Waals surface area contributed by atoms with Crippen molar-refractivity contribution in [1.82, 2.24) is 14.8 Å². The van der Waals surface area contributed by atoms with Crippen LogP contribution in [0.4, 0.5) is 0 Å². The van der Waals surface area contributed by atoms with Crippen LogP contribution >= 0.6 is 23.4 Å². The summed E-state index contributed by atoms with van der Waals surface area (Å²) in [5, 5.41) is 10.8. The predicted octanol–water partition coefficient (Wildman–Crippen LogP) is 8.30. The van der Waals surface area contributed by atoms with Crippen LogP contribution in [0.1, 0.15) is 57.2 Å². The molecule has 5 heteroatoms. The Morgan fingerprint density at radius 2 is 1.55 bits per heavy atom. The maximum atomic E-state index is 6.39. The van der Waals surface area contributed by atoms with Crippen molar-refractivity contribution in [2.75, 3.05) is 0 Å². The van der Waals surface area contributed by atoms with E-state index in [2.05, 4.69) is 104 Å². The highest BCUT2D eigenvalue weighted by Crippen LogP contribution is 2.33. The number of benzene rings is 3. The fourth-order valence-electron chi connectivity index (χ4n) is 3.67. The second kappa shape index (κ2) is 9.74. The SMILES string of the molecule is CC(C)c1ccc(-n2c(SCc3ccccc3Cl)nnc2-c2ccc(C(C)(C)C)cc2)cc1. The molecule has 3 nitrogen and oxygen atoms in total. The third-order valence-electron chi connectivity index (χ3n) is 5.78. The van der Waals surface area contributed by atoms with Crippen molar-refractivity contribution in [3.63, 3.8) is 0 Å². The largest absolute Gasteiger partial charge is 0.270 e. The zero-order valence-electron chi connectivity index (χ0n) is 19.8. The first-order valence-corrected chi connectivity index (χ1v) is 12.6. The van der Waals surface area contributed by atoms with Gasteiger partial charge in [-0.1, -0.05) is 113 Å². The summed E-state index contributed by atoms with van der Waals surface area (Å²) >= 11 is 8.04. The third kappa shape index (κ3) is 5.34. The summed E-state index contributed by atoms with van der Waals surface area (Å²) in [5.41, 5.74) is 5.91. The maximum absolute atomic E-state index is 6.39. The lowest BCUT2D eigenvalue weighted by Crippen LogP contribution is -2.10. The first-order valence-electron chi connectivity index (χ1n) is 11.3. The van der Waals surface area contributed by atoms with Gasteiger partial charge in [0.05, 0.1) is 0 Å². The van der Waals surface area contributed by atoms with Gasteiger partial charge in [0, 0.05) is 22.0 Å². The van der Waals surface area contributed by atoms with Gasteiger partial charge in [-0.05, 0) is 46.2 Å². The molecule has 4 rings (SSSR count). The Kier molecular flexibility index (Phi) is 6.96. The summed E-state index contributed by atoms with van der Waals surface area (Å²) in [7, 11) is 0. The lowest BCUT2D eigenvalue weighted by molar-refractivity contribution is 0.590. The van der Waals surface area contributed by atoms with Crippen LogP contribution in [0.25, 0.3) is 17.1 Å². The monoisotopic (exact) mass is 475 g/mol. The van der Waals surface area contributed by atoms with Gasteiger partial charge in [-0.2, -0.15) is 0 Å². The summed E-state index contributed by atoms with van der Waals surface area (Å²) in [6, 6.07) is 25.3. The number of halogens is 1. The maximum Gasteiger partial charge on any atom is 0.196 e. The van der Waals surface area contributed by atoms with Gasteiger partial charge in [-0.3, -0.25) is 4.57 Å². The highest BCUT2D eigenvalue weighted by atomic mass is 35.5. The fourth-order valence-corrected chi connectivity index (χ4v) is 4.91. The molecule has 0 radical (unpaired) electrons. The second-order valence-corrected chi connectivity index (χ2v) is 10.9. The average molecular weight is 476 g/mol. The molecular formula is C28H30ClN3S. The number of hydrogen-bond acceptors (Lipinski definition) is 3. The smallest absolute Gasteiger partial charge is 0.196 e. The Bertz CT molecular complexity index is 1220. The van der Waals surface area contributed by atoms with E-state index in [0.29, 0.717) is 5.92 Å². The molecule has 1 aromatic heterocycles. The molecule has 33 heavy (non-hydrogen) atoms. The van der Waals surface area contributed by atoms with Gasteiger partial charge in [0.1, 0.15) is 0 Å². The first-order chi connectivity index (χ1) is 15.7. The molecule has 0 atom stereocenters. The van der Waals surface area contributed by atoms with Gasteiger partial charge in [-0.25, -0.2) is 0 Å². The lowest BCUT2D eigenvalue weighted by atomic mass is 9.87. The van der Waals surface area contributed by atoms with Gasteiger partial charge in [-0.15, -0.1) is 10.2 Å². The van der Waals surface area contributed by atoms with Gasteiger partial charge < -0.3 is 0 Å². The van der Waals surface area contributed by atoms with Crippen molar-refractivity contribution >= 4 is 23.4 Å². The van der Waals surface area contributed by atoms with Crippen LogP contribution in [0.2, 0.25) is 5.02 Å². The van der Waals surface area contributed by atoms with E-state index in [9.17, 15) is 0 Å². The summed E-state index contributed by atoms with van der Waals surface area (Å²) in [6.45, 7) is 11.1. The van der Waals surface area contributed by atoms with E-state index < -0.39 is 0 Å². The van der Waals surface area contributed by atoms with Crippen molar-refractivity contribution in [2.24, 2.45) is 0 Å². The molecule has 0 saturated heterocycles. The minimum Gasteiger partial charge on any atom is -0.270 e. The van der Waals surface area contributed by atoms with E-state index in [0.717, 1.165) is 38.6 Å². The predicted molar refractivity (Wildman–Crippen MR) is 141 cm³/mol. The lowest BCUT2D eigenvalue weighted by Gasteiger charge is -2.19. The number of aromatic nitrogens is 3. The molecule has 170 valence electrons. The minimum absolute atomic E-state index is 0.106. The van der Waals surface area contributed by atoms with Crippen molar-refractivity contribution in [3.05, 3.63) is 94.5 Å². The Labute approximate surface area is 206 Å². The number of hydrogen-bond donors (Lipinski definition) is 0. The standard InChI is InChI=1S/C28H30ClN3S/c1-19(2)20-12-16-24(17-13-20)32-26(21-10-14-23(15-11-21)28(3,4)5)30-31-27(32)33-18-22-8-6-7-9-25(22)29/h6-17,19H,18H2,1-5H3. The minimum atomic E-state index is 0.106. The van der Waals surface area contributed by atoms with Crippen LogP contribution in [0, 0.1) is 0 Å². The van der Waals surface area contributed by atoms with E-state index >= 15 is 0 Å². The molecule has 0 aliphatic rings. The summed E-state index contributed by atoms with van der Waals surface area (Å²) in [6.07, 6.45) is 0. The molecule has 0 fully saturated rings. The number of nitrogens with zero attached hydrogens (tertiary/aromatic N) is 3.